The van der Waals surface area contributed by atoms with Gasteiger partial charge in [0.2, 0.25) is 0 Å². The van der Waals surface area contributed by atoms with E-state index in [1.54, 1.807) is 35.9 Å². The first-order valence-electron chi connectivity index (χ1n) is 8.08. The number of hydrogen-bond acceptors (Lipinski definition) is 6. The molecule has 0 bridgehead atoms. The predicted molar refractivity (Wildman–Crippen MR) is 95.3 cm³/mol. The molecule has 8 heteroatoms. The maximum atomic E-state index is 12.1. The van der Waals surface area contributed by atoms with Gasteiger partial charge in [0.15, 0.2) is 0 Å². The summed E-state index contributed by atoms with van der Waals surface area (Å²) in [6.07, 6.45) is 3.11. The van der Waals surface area contributed by atoms with Gasteiger partial charge in [-0.2, -0.15) is 0 Å². The average molecular weight is 360 g/mol. The van der Waals surface area contributed by atoms with Crippen molar-refractivity contribution in [2.24, 2.45) is 0 Å². The molecule has 1 saturated heterocycles. The van der Waals surface area contributed by atoms with Crippen molar-refractivity contribution >= 4 is 28.8 Å². The van der Waals surface area contributed by atoms with Gasteiger partial charge in [0, 0.05) is 42.6 Å². The summed E-state index contributed by atoms with van der Waals surface area (Å²) in [6, 6.07) is 7.35. The highest BCUT2D eigenvalue weighted by Gasteiger charge is 2.25. The van der Waals surface area contributed by atoms with Crippen LogP contribution in [0.15, 0.2) is 42.0 Å². The van der Waals surface area contributed by atoms with Gasteiger partial charge in [-0.25, -0.2) is 0 Å². The van der Waals surface area contributed by atoms with E-state index in [2.05, 4.69) is 20.5 Å². The molecule has 0 unspecified atom stereocenters. The van der Waals surface area contributed by atoms with Crippen molar-refractivity contribution in [3.05, 3.63) is 46.9 Å². The Labute approximate surface area is 150 Å². The summed E-state index contributed by atoms with van der Waals surface area (Å²) >= 11 is 1.65. The molecule has 0 aromatic carbocycles. The molecule has 0 spiro atoms. The van der Waals surface area contributed by atoms with Crippen molar-refractivity contribution in [1.82, 2.24) is 15.2 Å². The number of aromatic nitrogens is 1. The molecular formula is C17H20N4O3S. The maximum Gasteiger partial charge on any atom is 0.313 e. The fraction of sp³-hybridized carbons (Fsp3) is 0.353. The lowest BCUT2D eigenvalue weighted by Gasteiger charge is -2.34. The summed E-state index contributed by atoms with van der Waals surface area (Å²) in [5.41, 5.74) is 0.540. The number of pyridine rings is 1. The summed E-state index contributed by atoms with van der Waals surface area (Å²) in [5, 5.41) is 7.32. The van der Waals surface area contributed by atoms with Crippen LogP contribution in [-0.2, 0) is 14.3 Å². The molecule has 132 valence electrons. The number of ether oxygens (including phenoxy) is 1. The molecule has 25 heavy (non-hydrogen) atoms. The van der Waals surface area contributed by atoms with E-state index >= 15 is 0 Å². The van der Waals surface area contributed by atoms with E-state index in [1.165, 1.54) is 0 Å². The van der Waals surface area contributed by atoms with Crippen LogP contribution in [0, 0.1) is 0 Å². The third-order valence-electron chi connectivity index (χ3n) is 3.96. The van der Waals surface area contributed by atoms with Crippen LogP contribution in [0.4, 0.5) is 5.69 Å². The Bertz CT molecular complexity index is 687. The minimum absolute atomic E-state index is 0.0431. The van der Waals surface area contributed by atoms with Crippen LogP contribution in [0.25, 0.3) is 0 Å². The number of carbonyl (C=O) groups is 2. The van der Waals surface area contributed by atoms with Gasteiger partial charge >= 0.3 is 11.8 Å². The Morgan fingerprint density at radius 1 is 1.20 bits per heavy atom. The van der Waals surface area contributed by atoms with Gasteiger partial charge in [-0.05, 0) is 23.6 Å². The van der Waals surface area contributed by atoms with Crippen molar-refractivity contribution in [2.45, 2.75) is 6.04 Å². The molecule has 0 saturated carbocycles. The second-order valence-corrected chi connectivity index (χ2v) is 6.56. The fourth-order valence-corrected chi connectivity index (χ4v) is 3.53. The van der Waals surface area contributed by atoms with Gasteiger partial charge in [-0.3, -0.25) is 19.5 Å². The molecular weight excluding hydrogens is 340 g/mol. The molecule has 2 aromatic heterocycles. The Hall–Kier alpha value is -2.29. The largest absolute Gasteiger partial charge is 0.379 e. The van der Waals surface area contributed by atoms with Crippen LogP contribution in [0.5, 0.6) is 0 Å². The zero-order valence-corrected chi connectivity index (χ0v) is 14.5. The minimum atomic E-state index is -0.682. The van der Waals surface area contributed by atoms with E-state index < -0.39 is 11.8 Å². The summed E-state index contributed by atoms with van der Waals surface area (Å²) in [7, 11) is 0. The summed E-state index contributed by atoms with van der Waals surface area (Å²) in [4.78, 5) is 31.4. The average Bonchev–Trinajstić information content (AvgIpc) is 3.18. The number of thiophene rings is 1. The number of rotatable bonds is 5. The van der Waals surface area contributed by atoms with Crippen molar-refractivity contribution < 1.29 is 14.3 Å². The highest BCUT2D eigenvalue weighted by molar-refractivity contribution is 7.10. The predicted octanol–water partition coefficient (Wildman–Crippen LogP) is 1.27. The molecule has 2 N–H and O–H groups in total. The Balaban J connectivity index is 1.58. The Morgan fingerprint density at radius 3 is 2.64 bits per heavy atom. The van der Waals surface area contributed by atoms with Crippen molar-refractivity contribution in [1.29, 1.82) is 0 Å². The normalized spacial score (nSPS) is 16.2. The second kappa shape index (κ2) is 8.70. The van der Waals surface area contributed by atoms with Crippen LogP contribution in [0.3, 0.4) is 0 Å². The van der Waals surface area contributed by atoms with E-state index in [-0.39, 0.29) is 6.04 Å². The molecule has 1 atom stereocenters. The first kappa shape index (κ1) is 17.5. The van der Waals surface area contributed by atoms with Gasteiger partial charge in [0.05, 0.1) is 19.3 Å². The maximum absolute atomic E-state index is 12.1. The third kappa shape index (κ3) is 4.85. The number of hydrogen-bond donors (Lipinski definition) is 2. The van der Waals surface area contributed by atoms with Crippen molar-refractivity contribution in [3.8, 4) is 0 Å². The highest BCUT2D eigenvalue weighted by Crippen LogP contribution is 2.25. The lowest BCUT2D eigenvalue weighted by Crippen LogP contribution is -2.45. The molecule has 0 aliphatic carbocycles. The molecule has 7 nitrogen and oxygen atoms in total. The monoisotopic (exact) mass is 360 g/mol. The quantitative estimate of drug-likeness (QED) is 0.785. The fourth-order valence-electron chi connectivity index (χ4n) is 2.67. The smallest absolute Gasteiger partial charge is 0.313 e. The number of morpholine rings is 1. The molecule has 0 radical (unpaired) electrons. The van der Waals surface area contributed by atoms with Crippen molar-refractivity contribution in [3.63, 3.8) is 0 Å². The van der Waals surface area contributed by atoms with Crippen LogP contribution in [-0.4, -0.2) is 54.5 Å². The Kier molecular flexibility index (Phi) is 6.10. The zero-order valence-electron chi connectivity index (χ0n) is 13.7. The van der Waals surface area contributed by atoms with Gasteiger partial charge in [-0.1, -0.05) is 6.07 Å². The van der Waals surface area contributed by atoms with Gasteiger partial charge in [-0.15, -0.1) is 11.3 Å². The van der Waals surface area contributed by atoms with Gasteiger partial charge in [0.1, 0.15) is 0 Å². The van der Waals surface area contributed by atoms with Crippen LogP contribution in [0.1, 0.15) is 10.9 Å². The topological polar surface area (TPSA) is 83.6 Å². The summed E-state index contributed by atoms with van der Waals surface area (Å²) in [5.74, 6) is -1.33. The van der Waals surface area contributed by atoms with Crippen LogP contribution in [0.2, 0.25) is 0 Å². The van der Waals surface area contributed by atoms with E-state index in [0.29, 0.717) is 25.4 Å². The second-order valence-electron chi connectivity index (χ2n) is 5.58. The van der Waals surface area contributed by atoms with Crippen molar-refractivity contribution in [2.75, 3.05) is 38.2 Å². The molecule has 2 aromatic rings. The van der Waals surface area contributed by atoms with Crippen LogP contribution >= 0.6 is 11.3 Å². The Morgan fingerprint density at radius 2 is 1.96 bits per heavy atom. The first-order chi connectivity index (χ1) is 12.2. The number of carbonyl (C=O) groups excluding carboxylic acids is 2. The zero-order chi connectivity index (χ0) is 17.5. The van der Waals surface area contributed by atoms with E-state index in [9.17, 15) is 9.59 Å². The van der Waals surface area contributed by atoms with Gasteiger partial charge < -0.3 is 15.4 Å². The molecule has 1 aliphatic heterocycles. The molecule has 1 fully saturated rings. The number of nitrogens with one attached hydrogen (secondary N) is 2. The minimum Gasteiger partial charge on any atom is -0.379 e. The first-order valence-corrected chi connectivity index (χ1v) is 8.96. The summed E-state index contributed by atoms with van der Waals surface area (Å²) < 4.78 is 5.40. The van der Waals surface area contributed by atoms with E-state index in [1.807, 2.05) is 17.5 Å². The lowest BCUT2D eigenvalue weighted by atomic mass is 10.2. The third-order valence-corrected chi connectivity index (χ3v) is 4.93. The highest BCUT2D eigenvalue weighted by atomic mass is 32.1. The number of nitrogens with zero attached hydrogens (tertiary/aromatic N) is 2. The van der Waals surface area contributed by atoms with Gasteiger partial charge in [0.25, 0.3) is 0 Å². The SMILES string of the molecule is O=C(NC[C@H](c1cccs1)N1CCOCC1)C(=O)Nc1ccncc1. The lowest BCUT2D eigenvalue weighted by molar-refractivity contribution is -0.136. The standard InChI is InChI=1S/C17H20N4O3S/c22-16(17(23)20-13-3-5-18-6-4-13)19-12-14(15-2-1-11-25-15)21-7-9-24-10-8-21/h1-6,11,14H,7-10,12H2,(H,19,22)(H,18,20,23)/t14-/m1/s1. The van der Waals surface area contributed by atoms with E-state index in [4.69, 9.17) is 4.74 Å². The number of amides is 2. The number of anilines is 1. The van der Waals surface area contributed by atoms with Crippen LogP contribution < -0.4 is 10.6 Å². The molecule has 3 heterocycles. The molecule has 2 amide bonds. The summed E-state index contributed by atoms with van der Waals surface area (Å²) in [6.45, 7) is 3.35. The van der Waals surface area contributed by atoms with E-state index in [0.717, 1.165) is 18.0 Å². The molecule has 1 aliphatic rings. The molecule has 3 rings (SSSR count).